The van der Waals surface area contributed by atoms with Gasteiger partial charge in [0.25, 0.3) is 5.91 Å². The molecule has 3 fully saturated rings. The number of ether oxygens (including phenoxy) is 1. The number of rotatable bonds is 8. The van der Waals surface area contributed by atoms with Gasteiger partial charge in [-0.15, -0.1) is 0 Å². The molecule has 1 saturated carbocycles. The quantitative estimate of drug-likeness (QED) is 0.509. The third-order valence-electron chi connectivity index (χ3n) is 6.86. The second-order valence-corrected chi connectivity index (χ2v) is 12.3. The molecule has 2 saturated heterocycles. The van der Waals surface area contributed by atoms with Gasteiger partial charge < -0.3 is 4.74 Å². The van der Waals surface area contributed by atoms with E-state index in [1.54, 1.807) is 18.2 Å². The molecular weight excluding hydrogens is 528 g/mol. The molecule has 11 heteroatoms. The predicted molar refractivity (Wildman–Crippen MR) is 136 cm³/mol. The van der Waals surface area contributed by atoms with Gasteiger partial charge in [0.15, 0.2) is 0 Å². The number of halogens is 3. The van der Waals surface area contributed by atoms with E-state index in [1.165, 1.54) is 16.4 Å². The van der Waals surface area contributed by atoms with Gasteiger partial charge >= 0.3 is 10.2 Å². The van der Waals surface area contributed by atoms with Crippen molar-refractivity contribution in [2.45, 2.75) is 50.7 Å². The molecule has 0 bridgehead atoms. The Morgan fingerprint density at radius 1 is 1.03 bits per heavy atom. The molecule has 0 spiro atoms. The number of nitrogens with one attached hydrogen (secondary N) is 1. The molecule has 2 heterocycles. The van der Waals surface area contributed by atoms with E-state index < -0.39 is 21.9 Å². The highest BCUT2D eigenvalue weighted by Crippen LogP contribution is 2.43. The van der Waals surface area contributed by atoms with E-state index in [9.17, 15) is 13.2 Å². The summed E-state index contributed by atoms with van der Waals surface area (Å²) in [5.74, 6) is -0.777. The minimum atomic E-state index is -3.95. The number of benzene rings is 2. The van der Waals surface area contributed by atoms with Crippen LogP contribution in [0.2, 0.25) is 10.0 Å². The Hall–Kier alpha value is -1.91. The van der Waals surface area contributed by atoms with Crippen LogP contribution in [0, 0.1) is 5.82 Å². The average Bonchev–Trinajstić information content (AvgIpc) is 3.56. The largest absolute Gasteiger partial charge is 0.489 e. The van der Waals surface area contributed by atoms with E-state index in [2.05, 4.69) is 4.90 Å². The summed E-state index contributed by atoms with van der Waals surface area (Å²) in [5, 5.41) is 1.02. The van der Waals surface area contributed by atoms with Crippen LogP contribution < -0.4 is 9.46 Å². The van der Waals surface area contributed by atoms with Crippen molar-refractivity contribution in [2.24, 2.45) is 0 Å². The van der Waals surface area contributed by atoms with Gasteiger partial charge in [-0.3, -0.25) is 9.69 Å². The zero-order valence-electron chi connectivity index (χ0n) is 19.7. The van der Waals surface area contributed by atoms with E-state index in [1.807, 2.05) is 4.72 Å². The Balaban J connectivity index is 1.30. The van der Waals surface area contributed by atoms with E-state index in [4.69, 9.17) is 27.9 Å². The van der Waals surface area contributed by atoms with Crippen molar-refractivity contribution in [2.75, 3.05) is 26.2 Å². The van der Waals surface area contributed by atoms with E-state index in [0.717, 1.165) is 49.8 Å². The van der Waals surface area contributed by atoms with Crippen LogP contribution in [0.3, 0.4) is 0 Å². The maximum atomic E-state index is 15.1. The molecule has 7 nitrogen and oxygen atoms in total. The minimum Gasteiger partial charge on any atom is -0.489 e. The lowest BCUT2D eigenvalue weighted by atomic mass is 9.97. The molecule has 2 aromatic carbocycles. The van der Waals surface area contributed by atoms with E-state index in [0.29, 0.717) is 42.0 Å². The van der Waals surface area contributed by atoms with Crippen LogP contribution in [0.25, 0.3) is 0 Å². The molecule has 194 valence electrons. The van der Waals surface area contributed by atoms with Crippen LogP contribution in [0.15, 0.2) is 30.3 Å². The number of carbonyl (C=O) groups is 1. The number of carbonyl (C=O) groups excluding carboxylic acids is 1. The van der Waals surface area contributed by atoms with Crippen molar-refractivity contribution in [1.82, 2.24) is 13.9 Å². The third-order valence-corrected chi connectivity index (χ3v) is 8.79. The van der Waals surface area contributed by atoms with Crippen LogP contribution in [0.4, 0.5) is 4.39 Å². The summed E-state index contributed by atoms with van der Waals surface area (Å²) in [5.41, 5.74) is 1.50. The van der Waals surface area contributed by atoms with Gasteiger partial charge in [-0.05, 0) is 86.0 Å². The second kappa shape index (κ2) is 10.5. The fourth-order valence-electron chi connectivity index (χ4n) is 4.76. The summed E-state index contributed by atoms with van der Waals surface area (Å²) in [6.07, 6.45) is 4.43. The molecule has 0 aromatic heterocycles. The number of piperidine rings is 1. The Morgan fingerprint density at radius 3 is 2.39 bits per heavy atom. The zero-order valence-corrected chi connectivity index (χ0v) is 22.0. The molecule has 0 radical (unpaired) electrons. The molecule has 1 aliphatic carbocycles. The first kappa shape index (κ1) is 25.7. The normalized spacial score (nSPS) is 21.1. The number of hydrogen-bond donors (Lipinski definition) is 1. The van der Waals surface area contributed by atoms with Crippen molar-refractivity contribution in [1.29, 1.82) is 0 Å². The van der Waals surface area contributed by atoms with E-state index in [-0.39, 0.29) is 17.6 Å². The lowest BCUT2D eigenvalue weighted by Gasteiger charge is -2.33. The van der Waals surface area contributed by atoms with Gasteiger partial charge in [-0.25, -0.2) is 9.11 Å². The minimum absolute atomic E-state index is 0.0562. The summed E-state index contributed by atoms with van der Waals surface area (Å²) in [6.45, 7) is 2.75. The molecule has 2 aromatic rings. The zero-order chi connectivity index (χ0) is 25.4. The van der Waals surface area contributed by atoms with Gasteiger partial charge in [-0.1, -0.05) is 23.2 Å². The lowest BCUT2D eigenvalue weighted by Crippen LogP contribution is -2.49. The monoisotopic (exact) mass is 555 g/mol. The fraction of sp³-hybridized carbons (Fsp3) is 0.480. The first-order valence-electron chi connectivity index (χ1n) is 12.2. The van der Waals surface area contributed by atoms with Crippen LogP contribution in [-0.2, 0) is 16.8 Å². The topological polar surface area (TPSA) is 79.0 Å². The van der Waals surface area contributed by atoms with Crippen molar-refractivity contribution in [3.05, 3.63) is 62.9 Å². The summed E-state index contributed by atoms with van der Waals surface area (Å²) in [4.78, 5) is 14.9. The maximum absolute atomic E-state index is 15.1. The average molecular weight is 556 g/mol. The van der Waals surface area contributed by atoms with Gasteiger partial charge in [0.1, 0.15) is 17.7 Å². The first-order chi connectivity index (χ1) is 17.2. The van der Waals surface area contributed by atoms with E-state index >= 15 is 4.39 Å². The van der Waals surface area contributed by atoms with Crippen LogP contribution in [0.1, 0.15) is 59.5 Å². The summed E-state index contributed by atoms with van der Waals surface area (Å²) >= 11 is 12.2. The Morgan fingerprint density at radius 2 is 1.75 bits per heavy atom. The Labute approximate surface area is 220 Å². The maximum Gasteiger partial charge on any atom is 0.304 e. The molecule has 2 aliphatic heterocycles. The fourth-order valence-corrected chi connectivity index (χ4v) is 6.48. The number of likely N-dealkylation sites (tertiary alicyclic amines) is 1. The van der Waals surface area contributed by atoms with Crippen molar-refractivity contribution in [3.8, 4) is 5.75 Å². The summed E-state index contributed by atoms with van der Waals surface area (Å²) in [7, 11) is -3.95. The number of amides is 1. The smallest absolute Gasteiger partial charge is 0.304 e. The molecule has 36 heavy (non-hydrogen) atoms. The Bertz CT molecular complexity index is 1250. The van der Waals surface area contributed by atoms with Crippen molar-refractivity contribution < 1.29 is 22.3 Å². The molecule has 1 amide bonds. The molecule has 3 aliphatic rings. The van der Waals surface area contributed by atoms with Crippen molar-refractivity contribution in [3.63, 3.8) is 0 Å². The molecule has 5 rings (SSSR count). The highest BCUT2D eigenvalue weighted by atomic mass is 35.5. The molecule has 1 atom stereocenters. The number of hydrogen-bond acceptors (Lipinski definition) is 5. The van der Waals surface area contributed by atoms with Crippen molar-refractivity contribution >= 4 is 39.3 Å². The van der Waals surface area contributed by atoms with Gasteiger partial charge in [-0.2, -0.15) is 12.7 Å². The SMILES string of the molecule is O=C(NS(=O)(=O)N1CCC1)c1cc(C2CC2)c(CN2CCC[C@H](Oc3cc(Cl)cc(Cl)c3)C2)cc1F. The number of nitrogens with zero attached hydrogens (tertiary/aromatic N) is 2. The summed E-state index contributed by atoms with van der Waals surface area (Å²) < 4.78 is 49.0. The highest BCUT2D eigenvalue weighted by molar-refractivity contribution is 7.87. The predicted octanol–water partition coefficient (Wildman–Crippen LogP) is 4.73. The second-order valence-electron chi connectivity index (χ2n) is 9.72. The highest BCUT2D eigenvalue weighted by Gasteiger charge is 2.33. The standard InChI is InChI=1S/C25H28Cl2FN3O4S/c26-18-10-19(27)12-21(11-18)35-20-3-1-6-30(15-20)14-17-9-24(28)23(13-22(17)16-4-5-16)25(32)29-36(33,34)31-7-2-8-31/h9-13,16,20H,1-8,14-15H2,(H,29,32)/t20-/m0/s1. The van der Waals surface area contributed by atoms with Gasteiger partial charge in [0.2, 0.25) is 0 Å². The third kappa shape index (κ3) is 5.97. The molecular formula is C25H28Cl2FN3O4S. The Kier molecular flexibility index (Phi) is 7.47. The van der Waals surface area contributed by atoms with Crippen LogP contribution >= 0.6 is 23.2 Å². The summed E-state index contributed by atoms with van der Waals surface area (Å²) in [6, 6.07) is 8.05. The van der Waals surface area contributed by atoms with Crippen LogP contribution in [-0.4, -0.2) is 55.8 Å². The molecule has 1 N–H and O–H groups in total. The first-order valence-corrected chi connectivity index (χ1v) is 14.4. The van der Waals surface area contributed by atoms with Gasteiger partial charge in [0.05, 0.1) is 5.56 Å². The van der Waals surface area contributed by atoms with Crippen LogP contribution in [0.5, 0.6) is 5.75 Å². The molecule has 0 unspecified atom stereocenters. The van der Waals surface area contributed by atoms with Gasteiger partial charge in [0, 0.05) is 36.2 Å². The lowest BCUT2D eigenvalue weighted by molar-refractivity contribution is 0.0841.